The quantitative estimate of drug-likeness (QED) is 0.540. The second-order valence-corrected chi connectivity index (χ2v) is 7.94. The van der Waals surface area contributed by atoms with Crippen LogP contribution in [0.4, 0.5) is 5.13 Å². The minimum Gasteiger partial charge on any atom is -0.302 e. The van der Waals surface area contributed by atoms with Crippen molar-refractivity contribution >= 4 is 44.2 Å². The molecule has 0 unspecified atom stereocenters. The summed E-state index contributed by atoms with van der Waals surface area (Å²) in [5.41, 5.74) is 2.48. The number of thiazole rings is 1. The summed E-state index contributed by atoms with van der Waals surface area (Å²) in [4.78, 5) is 22.2. The first kappa shape index (κ1) is 20.8. The molecule has 0 saturated heterocycles. The van der Waals surface area contributed by atoms with Crippen LogP contribution in [0.15, 0.2) is 24.4 Å². The average molecular weight is 420 g/mol. The lowest BCUT2D eigenvalue weighted by molar-refractivity contribution is 0.0973. The lowest BCUT2D eigenvalue weighted by atomic mass is 10.2. The Balaban J connectivity index is 2.02. The Morgan fingerprint density at radius 1 is 1.18 bits per heavy atom. The highest BCUT2D eigenvalue weighted by molar-refractivity contribution is 7.23. The predicted octanol–water partition coefficient (Wildman–Crippen LogP) is 4.46. The second-order valence-electron chi connectivity index (χ2n) is 6.55. The molecule has 0 radical (unpaired) electrons. The van der Waals surface area contributed by atoms with Gasteiger partial charge >= 0.3 is 0 Å². The third kappa shape index (κ3) is 4.06. The number of hydrogen-bond acceptors (Lipinski definition) is 5. The Kier molecular flexibility index (Phi) is 6.69. The standard InChI is InChI=1S/C20H26ClN5OS/c1-5-24(6-2)12-13-25(19(27)16-10-11-22-26(16)7-3)20-23-17-14(4)8-9-15(21)18(17)28-20/h8-11H,5-7,12-13H2,1-4H3. The van der Waals surface area contributed by atoms with E-state index in [0.29, 0.717) is 28.9 Å². The van der Waals surface area contributed by atoms with Gasteiger partial charge in [0, 0.05) is 25.8 Å². The normalized spacial score (nSPS) is 11.5. The van der Waals surface area contributed by atoms with Crippen LogP contribution in [0.1, 0.15) is 36.8 Å². The zero-order valence-corrected chi connectivity index (χ0v) is 18.3. The fourth-order valence-electron chi connectivity index (χ4n) is 3.18. The van der Waals surface area contributed by atoms with Crippen molar-refractivity contribution in [2.24, 2.45) is 0 Å². The smallest absolute Gasteiger partial charge is 0.278 e. The summed E-state index contributed by atoms with van der Waals surface area (Å²) in [6.45, 7) is 12.1. The summed E-state index contributed by atoms with van der Waals surface area (Å²) >= 11 is 7.86. The summed E-state index contributed by atoms with van der Waals surface area (Å²) in [7, 11) is 0. The van der Waals surface area contributed by atoms with Gasteiger partial charge in [0.05, 0.1) is 15.2 Å². The number of fused-ring (bicyclic) bond motifs is 1. The van der Waals surface area contributed by atoms with Crippen LogP contribution in [0.5, 0.6) is 0 Å². The van der Waals surface area contributed by atoms with E-state index in [-0.39, 0.29) is 5.91 Å². The Bertz CT molecular complexity index is 924. The molecule has 0 bridgehead atoms. The molecule has 28 heavy (non-hydrogen) atoms. The van der Waals surface area contributed by atoms with E-state index in [0.717, 1.165) is 35.4 Å². The number of anilines is 1. The molecule has 2 heterocycles. The van der Waals surface area contributed by atoms with Crippen molar-refractivity contribution in [3.05, 3.63) is 40.7 Å². The number of halogens is 1. The van der Waals surface area contributed by atoms with E-state index in [1.807, 2.05) is 26.0 Å². The van der Waals surface area contributed by atoms with Crippen molar-refractivity contribution in [1.29, 1.82) is 0 Å². The highest BCUT2D eigenvalue weighted by atomic mass is 35.5. The van der Waals surface area contributed by atoms with Gasteiger partial charge in [0.1, 0.15) is 5.69 Å². The Hall–Kier alpha value is -1.96. The minimum atomic E-state index is -0.0839. The first-order chi connectivity index (χ1) is 13.5. The second kappa shape index (κ2) is 9.03. The molecule has 6 nitrogen and oxygen atoms in total. The SMILES string of the molecule is CCN(CC)CCN(C(=O)c1ccnn1CC)c1nc2c(C)ccc(Cl)c2s1. The van der Waals surface area contributed by atoms with Crippen LogP contribution < -0.4 is 4.90 Å². The van der Waals surface area contributed by atoms with Crippen molar-refractivity contribution in [1.82, 2.24) is 19.7 Å². The van der Waals surface area contributed by atoms with E-state index >= 15 is 0 Å². The molecule has 1 aromatic carbocycles. The highest BCUT2D eigenvalue weighted by Crippen LogP contribution is 2.36. The molecule has 2 aromatic heterocycles. The number of nitrogens with zero attached hydrogens (tertiary/aromatic N) is 5. The highest BCUT2D eigenvalue weighted by Gasteiger charge is 2.25. The van der Waals surface area contributed by atoms with Crippen LogP contribution >= 0.6 is 22.9 Å². The molecule has 0 aliphatic rings. The number of aryl methyl sites for hydroxylation is 2. The number of aromatic nitrogens is 3. The molecule has 0 N–H and O–H groups in total. The van der Waals surface area contributed by atoms with E-state index in [9.17, 15) is 4.79 Å². The van der Waals surface area contributed by atoms with Gasteiger partial charge in [-0.3, -0.25) is 14.4 Å². The maximum absolute atomic E-state index is 13.4. The monoisotopic (exact) mass is 419 g/mol. The molecule has 0 spiro atoms. The lowest BCUT2D eigenvalue weighted by Gasteiger charge is -2.24. The van der Waals surface area contributed by atoms with Gasteiger partial charge in [-0.2, -0.15) is 5.10 Å². The summed E-state index contributed by atoms with van der Waals surface area (Å²) in [5, 5.41) is 5.59. The van der Waals surface area contributed by atoms with Crippen LogP contribution in [0.3, 0.4) is 0 Å². The van der Waals surface area contributed by atoms with E-state index in [4.69, 9.17) is 16.6 Å². The maximum Gasteiger partial charge on any atom is 0.278 e. The predicted molar refractivity (Wildman–Crippen MR) is 117 cm³/mol. The number of rotatable bonds is 8. The largest absolute Gasteiger partial charge is 0.302 e. The van der Waals surface area contributed by atoms with Gasteiger partial charge in [-0.25, -0.2) is 4.98 Å². The molecule has 0 aliphatic carbocycles. The molecule has 0 atom stereocenters. The number of carbonyl (C=O) groups excluding carboxylic acids is 1. The summed E-state index contributed by atoms with van der Waals surface area (Å²) in [6.07, 6.45) is 1.67. The molecule has 0 saturated carbocycles. The topological polar surface area (TPSA) is 54.3 Å². The molecule has 1 amide bonds. The van der Waals surface area contributed by atoms with Crippen LogP contribution in [-0.4, -0.2) is 51.8 Å². The van der Waals surface area contributed by atoms with Crippen molar-refractivity contribution in [2.45, 2.75) is 34.2 Å². The molecule has 8 heteroatoms. The van der Waals surface area contributed by atoms with Gasteiger partial charge in [0.2, 0.25) is 0 Å². The van der Waals surface area contributed by atoms with Gasteiger partial charge in [0.25, 0.3) is 5.91 Å². The molecular formula is C20H26ClN5OS. The van der Waals surface area contributed by atoms with Crippen molar-refractivity contribution in [2.75, 3.05) is 31.1 Å². The molecule has 3 rings (SSSR count). The van der Waals surface area contributed by atoms with Gasteiger partial charge in [-0.05, 0) is 44.6 Å². The first-order valence-electron chi connectivity index (χ1n) is 9.61. The van der Waals surface area contributed by atoms with Gasteiger partial charge in [-0.15, -0.1) is 0 Å². The zero-order chi connectivity index (χ0) is 20.3. The first-order valence-corrected chi connectivity index (χ1v) is 10.8. The number of hydrogen-bond donors (Lipinski definition) is 0. The molecule has 3 aromatic rings. The lowest BCUT2D eigenvalue weighted by Crippen LogP contribution is -2.39. The fraction of sp³-hybridized carbons (Fsp3) is 0.450. The third-order valence-corrected chi connectivity index (χ3v) is 6.47. The van der Waals surface area contributed by atoms with Crippen molar-refractivity contribution < 1.29 is 4.79 Å². The maximum atomic E-state index is 13.4. The van der Waals surface area contributed by atoms with E-state index in [1.165, 1.54) is 11.3 Å². The van der Waals surface area contributed by atoms with Gasteiger partial charge in [-0.1, -0.05) is 42.9 Å². The van der Waals surface area contributed by atoms with Crippen molar-refractivity contribution in [3.63, 3.8) is 0 Å². The summed E-state index contributed by atoms with van der Waals surface area (Å²) < 4.78 is 2.64. The van der Waals surface area contributed by atoms with Crippen LogP contribution in [0.25, 0.3) is 10.2 Å². The van der Waals surface area contributed by atoms with E-state index < -0.39 is 0 Å². The van der Waals surface area contributed by atoms with Crippen LogP contribution in [0.2, 0.25) is 5.02 Å². The average Bonchev–Trinajstić information content (AvgIpc) is 3.35. The van der Waals surface area contributed by atoms with Gasteiger partial charge in [0.15, 0.2) is 5.13 Å². The van der Waals surface area contributed by atoms with Crippen molar-refractivity contribution in [3.8, 4) is 0 Å². The molecule has 0 fully saturated rings. The summed E-state index contributed by atoms with van der Waals surface area (Å²) in [6, 6.07) is 5.61. The number of amides is 1. The van der Waals surface area contributed by atoms with E-state index in [1.54, 1.807) is 21.8 Å². The molecule has 0 aliphatic heterocycles. The van der Waals surface area contributed by atoms with E-state index in [2.05, 4.69) is 23.8 Å². The Morgan fingerprint density at radius 2 is 1.93 bits per heavy atom. The summed E-state index contributed by atoms with van der Waals surface area (Å²) in [5.74, 6) is -0.0839. The number of likely N-dealkylation sites (N-methyl/N-ethyl adjacent to an activating group) is 1. The molecule has 150 valence electrons. The van der Waals surface area contributed by atoms with Crippen LogP contribution in [0, 0.1) is 6.92 Å². The number of benzene rings is 1. The fourth-order valence-corrected chi connectivity index (χ4v) is 4.52. The third-order valence-electron chi connectivity index (χ3n) is 4.93. The Labute approximate surface area is 174 Å². The Morgan fingerprint density at radius 3 is 2.57 bits per heavy atom. The number of carbonyl (C=O) groups is 1. The van der Waals surface area contributed by atoms with Crippen LogP contribution in [-0.2, 0) is 6.54 Å². The minimum absolute atomic E-state index is 0.0839. The zero-order valence-electron chi connectivity index (χ0n) is 16.8. The van der Waals surface area contributed by atoms with Gasteiger partial charge < -0.3 is 4.90 Å². The molecular weight excluding hydrogens is 394 g/mol.